The first-order valence-electron chi connectivity index (χ1n) is 14.3. The van der Waals surface area contributed by atoms with E-state index < -0.39 is 11.2 Å². The van der Waals surface area contributed by atoms with E-state index in [1.807, 2.05) is 12.1 Å². The summed E-state index contributed by atoms with van der Waals surface area (Å²) < 4.78 is 1.46. The van der Waals surface area contributed by atoms with E-state index in [0.29, 0.717) is 50.0 Å². The Morgan fingerprint density at radius 3 is 2.30 bits per heavy atom. The first-order valence-corrected chi connectivity index (χ1v) is 14.3. The van der Waals surface area contributed by atoms with Crippen molar-refractivity contribution in [2.24, 2.45) is 11.5 Å². The van der Waals surface area contributed by atoms with Crippen LogP contribution in [0.1, 0.15) is 52.5 Å². The molecule has 218 valence electrons. The molecule has 1 aliphatic heterocycles. The third kappa shape index (κ3) is 7.07. The summed E-state index contributed by atoms with van der Waals surface area (Å²) in [5, 5.41) is 2.70. The van der Waals surface area contributed by atoms with Crippen LogP contribution >= 0.6 is 0 Å². The average molecular weight is 553 g/mol. The van der Waals surface area contributed by atoms with Gasteiger partial charge in [-0.3, -0.25) is 19.6 Å². The Hall–Kier alpha value is -3.28. The number of hydrogen-bond acceptors (Lipinski definition) is 7. The molecule has 2 aromatic rings. The second kappa shape index (κ2) is 12.5. The molecule has 0 bridgehead atoms. The van der Waals surface area contributed by atoms with Gasteiger partial charge in [-0.25, -0.2) is 9.59 Å². The second-order valence-electron chi connectivity index (χ2n) is 11.7. The molecule has 4 rings (SSSR count). The maximum Gasteiger partial charge on any atom is 0.354 e. The van der Waals surface area contributed by atoms with Crippen molar-refractivity contribution in [1.29, 1.82) is 0 Å². The van der Waals surface area contributed by atoms with E-state index in [1.165, 1.54) is 10.1 Å². The van der Waals surface area contributed by atoms with Crippen LogP contribution in [0.25, 0.3) is 5.69 Å². The van der Waals surface area contributed by atoms with Gasteiger partial charge in [0.25, 0.3) is 0 Å². The molecule has 40 heavy (non-hydrogen) atoms. The lowest BCUT2D eigenvalue weighted by Gasteiger charge is -2.37. The van der Waals surface area contributed by atoms with Crippen molar-refractivity contribution in [1.82, 2.24) is 24.3 Å². The molecule has 0 spiro atoms. The van der Waals surface area contributed by atoms with Gasteiger partial charge in [0, 0.05) is 50.5 Å². The quantitative estimate of drug-likeness (QED) is 0.453. The van der Waals surface area contributed by atoms with Crippen LogP contribution in [0.15, 0.2) is 41.3 Å². The van der Waals surface area contributed by atoms with E-state index in [9.17, 15) is 14.4 Å². The molecule has 1 aromatic carbocycles. The lowest BCUT2D eigenvalue weighted by Crippen LogP contribution is -2.58. The number of nitrogens with two attached hydrogens (primary N) is 2. The Bertz CT molecular complexity index is 1230. The summed E-state index contributed by atoms with van der Waals surface area (Å²) in [6, 6.07) is 10.5. The molecule has 3 atom stereocenters. The smallest absolute Gasteiger partial charge is 0.338 e. The largest absolute Gasteiger partial charge is 0.354 e. The fourth-order valence-corrected chi connectivity index (χ4v) is 5.85. The number of hydrogen-bond donors (Lipinski definition) is 3. The number of piperazine rings is 1. The Kier molecular flexibility index (Phi) is 9.27. The molecular weight excluding hydrogens is 508 g/mol. The first-order chi connectivity index (χ1) is 19.0. The van der Waals surface area contributed by atoms with Crippen molar-refractivity contribution >= 4 is 17.8 Å². The van der Waals surface area contributed by atoms with E-state index in [-0.39, 0.29) is 17.8 Å². The van der Waals surface area contributed by atoms with Crippen molar-refractivity contribution in [3.8, 4) is 5.69 Å². The molecule has 2 aliphatic rings. The summed E-state index contributed by atoms with van der Waals surface area (Å²) in [6.07, 6.45) is 5.86. The van der Waals surface area contributed by atoms with Crippen LogP contribution in [0, 0.1) is 0 Å². The van der Waals surface area contributed by atoms with E-state index in [1.54, 1.807) is 35.9 Å². The number of urea groups is 1. The molecule has 5 N–H and O–H groups in total. The maximum atomic E-state index is 12.8. The molecule has 1 saturated carbocycles. The minimum absolute atomic E-state index is 0.141. The SMILES string of the molecule is CCN(C(C)Cc1ccc(-n2ccc(NC(=O)N3CCN(C(=O)C(C)(C)N)CC3)nc2=O)cc1)[C@H]1CC[C@H](N)C1. The summed E-state index contributed by atoms with van der Waals surface area (Å²) in [5.41, 5.74) is 12.6. The Morgan fingerprint density at radius 2 is 1.75 bits per heavy atom. The molecule has 3 amide bonds. The number of aromatic nitrogens is 2. The van der Waals surface area contributed by atoms with Gasteiger partial charge < -0.3 is 21.3 Å². The zero-order chi connectivity index (χ0) is 29.0. The standard InChI is InChI=1S/C29H44N8O3/c1-5-36(24-11-8-22(30)19-24)20(2)18-21-6-9-23(10-7-21)37-13-12-25(33-28(37)40)32-27(39)35-16-14-34(15-17-35)26(38)29(3,4)31/h6-7,9-10,12-13,20,22,24H,5,8,11,14-19,30-31H2,1-4H3,(H,32,33,39,40)/t20?,22-,24-/m0/s1. The van der Waals surface area contributed by atoms with Gasteiger partial charge in [-0.05, 0) is 76.8 Å². The van der Waals surface area contributed by atoms with Crippen LogP contribution < -0.4 is 22.5 Å². The van der Waals surface area contributed by atoms with Gasteiger partial charge >= 0.3 is 11.7 Å². The molecule has 1 saturated heterocycles. The number of carbonyl (C=O) groups excluding carboxylic acids is 2. The highest BCUT2D eigenvalue weighted by atomic mass is 16.2. The van der Waals surface area contributed by atoms with Crippen molar-refractivity contribution in [2.75, 3.05) is 38.0 Å². The monoisotopic (exact) mass is 552 g/mol. The van der Waals surface area contributed by atoms with E-state index >= 15 is 0 Å². The number of likely N-dealkylation sites (N-methyl/N-ethyl adjacent to an activating group) is 1. The van der Waals surface area contributed by atoms with Gasteiger partial charge in [0.15, 0.2) is 0 Å². The van der Waals surface area contributed by atoms with Gasteiger partial charge in [0.2, 0.25) is 5.91 Å². The zero-order valence-corrected chi connectivity index (χ0v) is 24.2. The van der Waals surface area contributed by atoms with Crippen molar-refractivity contribution < 1.29 is 9.59 Å². The molecule has 1 unspecified atom stereocenters. The van der Waals surface area contributed by atoms with Crippen LogP contribution in [0.2, 0.25) is 0 Å². The van der Waals surface area contributed by atoms with Crippen LogP contribution in [0.3, 0.4) is 0 Å². The van der Waals surface area contributed by atoms with Crippen molar-refractivity contribution in [2.45, 2.75) is 77.0 Å². The number of benzene rings is 1. The number of carbonyl (C=O) groups is 2. The zero-order valence-electron chi connectivity index (χ0n) is 24.2. The number of rotatable bonds is 8. The van der Waals surface area contributed by atoms with Crippen LogP contribution in [-0.4, -0.2) is 92.6 Å². The van der Waals surface area contributed by atoms with E-state index in [4.69, 9.17) is 11.5 Å². The fourth-order valence-electron chi connectivity index (χ4n) is 5.85. The third-order valence-electron chi connectivity index (χ3n) is 8.04. The summed E-state index contributed by atoms with van der Waals surface area (Å²) in [6.45, 7) is 10.4. The number of nitrogens with zero attached hydrogens (tertiary/aromatic N) is 5. The molecule has 0 radical (unpaired) electrons. The van der Waals surface area contributed by atoms with Crippen molar-refractivity contribution in [3.63, 3.8) is 0 Å². The number of anilines is 1. The molecule has 2 heterocycles. The fraction of sp³-hybridized carbons (Fsp3) is 0.586. The predicted molar refractivity (Wildman–Crippen MR) is 156 cm³/mol. The molecule has 2 fully saturated rings. The lowest BCUT2D eigenvalue weighted by molar-refractivity contribution is -0.137. The molecule has 1 aliphatic carbocycles. The minimum atomic E-state index is -0.947. The predicted octanol–water partition coefficient (Wildman–Crippen LogP) is 1.78. The normalized spacial score (nSPS) is 20.6. The lowest BCUT2D eigenvalue weighted by atomic mass is 10.0. The van der Waals surface area contributed by atoms with Crippen molar-refractivity contribution in [3.05, 3.63) is 52.6 Å². The Morgan fingerprint density at radius 1 is 1.10 bits per heavy atom. The van der Waals surface area contributed by atoms with Gasteiger partial charge in [0.05, 0.1) is 11.2 Å². The van der Waals surface area contributed by atoms with Crippen LogP contribution in [-0.2, 0) is 11.2 Å². The maximum absolute atomic E-state index is 12.8. The van der Waals surface area contributed by atoms with Gasteiger partial charge in [-0.15, -0.1) is 0 Å². The summed E-state index contributed by atoms with van der Waals surface area (Å²) in [7, 11) is 0. The third-order valence-corrected chi connectivity index (χ3v) is 8.04. The Balaban J connectivity index is 1.33. The van der Waals surface area contributed by atoms with E-state index in [0.717, 1.165) is 32.2 Å². The van der Waals surface area contributed by atoms with Gasteiger partial charge in [0.1, 0.15) is 5.82 Å². The van der Waals surface area contributed by atoms with Gasteiger partial charge in [-0.1, -0.05) is 19.1 Å². The molecule has 11 nitrogen and oxygen atoms in total. The molecule has 11 heteroatoms. The highest BCUT2D eigenvalue weighted by Gasteiger charge is 2.32. The average Bonchev–Trinajstić information content (AvgIpc) is 3.34. The first kappa shape index (κ1) is 29.7. The van der Waals surface area contributed by atoms with E-state index in [2.05, 4.69) is 41.2 Å². The van der Waals surface area contributed by atoms with Gasteiger partial charge in [-0.2, -0.15) is 4.98 Å². The highest BCUT2D eigenvalue weighted by Crippen LogP contribution is 2.25. The summed E-state index contributed by atoms with van der Waals surface area (Å²) in [4.78, 5) is 47.8. The highest BCUT2D eigenvalue weighted by molar-refractivity contribution is 5.89. The number of amides is 3. The summed E-state index contributed by atoms with van der Waals surface area (Å²) in [5.74, 6) is 0.0437. The van der Waals surface area contributed by atoms with Crippen LogP contribution in [0.4, 0.5) is 10.6 Å². The number of nitrogens with one attached hydrogen (secondary N) is 1. The second-order valence-corrected chi connectivity index (χ2v) is 11.7. The molecule has 1 aromatic heterocycles. The Labute approximate surface area is 236 Å². The summed E-state index contributed by atoms with van der Waals surface area (Å²) >= 11 is 0. The topological polar surface area (TPSA) is 143 Å². The van der Waals surface area contributed by atoms with Crippen LogP contribution in [0.5, 0.6) is 0 Å². The molecular formula is C29H44N8O3. The minimum Gasteiger partial charge on any atom is -0.338 e.